The number of ether oxygens (including phenoxy) is 2. The molecule has 0 saturated heterocycles. The number of nitrogens with two attached hydrogens (primary N) is 1. The number of methoxy groups -OCH3 is 1. The van der Waals surface area contributed by atoms with Crippen LogP contribution in [0.15, 0.2) is 0 Å². The van der Waals surface area contributed by atoms with Crippen LogP contribution in [-0.2, 0) is 14.3 Å². The van der Waals surface area contributed by atoms with Crippen molar-refractivity contribution in [3.63, 3.8) is 0 Å². The summed E-state index contributed by atoms with van der Waals surface area (Å²) in [7, 11) is 1.59. The zero-order chi connectivity index (χ0) is 12.4. The third-order valence-corrected chi connectivity index (χ3v) is 2.75. The second-order valence-corrected chi connectivity index (χ2v) is 4.33. The molecule has 0 aliphatic rings. The minimum absolute atomic E-state index is 0.139. The van der Waals surface area contributed by atoms with Crippen molar-refractivity contribution in [1.29, 1.82) is 0 Å². The molecule has 2 N–H and O–H groups in total. The maximum Gasteiger partial charge on any atom is 0.305 e. The largest absolute Gasteiger partial charge is 0.463 e. The summed E-state index contributed by atoms with van der Waals surface area (Å²) in [5.74, 6) is 0.940. The molecule has 1 atom stereocenters. The summed E-state index contributed by atoms with van der Waals surface area (Å²) in [5.41, 5.74) is 5.54. The van der Waals surface area contributed by atoms with E-state index >= 15 is 0 Å². The zero-order valence-electron chi connectivity index (χ0n) is 10.7. The third kappa shape index (κ3) is 7.65. The van der Waals surface area contributed by atoms with E-state index in [1.807, 2.05) is 0 Å². The lowest BCUT2D eigenvalue weighted by Gasteiger charge is -2.19. The topological polar surface area (TPSA) is 61.5 Å². The first-order chi connectivity index (χ1) is 7.61. The third-order valence-electron chi connectivity index (χ3n) is 2.75. The van der Waals surface area contributed by atoms with E-state index in [4.69, 9.17) is 15.2 Å². The summed E-state index contributed by atoms with van der Waals surface area (Å²) in [4.78, 5) is 11.3. The predicted molar refractivity (Wildman–Crippen MR) is 64.1 cm³/mol. The van der Waals surface area contributed by atoms with Crippen molar-refractivity contribution in [2.45, 2.75) is 33.1 Å². The molecule has 0 saturated carbocycles. The smallest absolute Gasteiger partial charge is 0.305 e. The Morgan fingerprint density at radius 2 is 1.94 bits per heavy atom. The Balaban J connectivity index is 3.69. The molecule has 4 nitrogen and oxygen atoms in total. The van der Waals surface area contributed by atoms with Gasteiger partial charge in [0.05, 0.1) is 6.61 Å². The molecule has 0 aromatic heterocycles. The summed E-state index contributed by atoms with van der Waals surface area (Å²) in [6.45, 7) is 5.81. The van der Waals surface area contributed by atoms with Crippen molar-refractivity contribution in [2.24, 2.45) is 17.6 Å². The van der Waals surface area contributed by atoms with Gasteiger partial charge >= 0.3 is 5.97 Å². The average molecular weight is 231 g/mol. The molecule has 0 amide bonds. The molecule has 0 rings (SSSR count). The molecule has 0 fully saturated rings. The van der Waals surface area contributed by atoms with E-state index < -0.39 is 0 Å². The lowest BCUT2D eigenvalue weighted by Crippen LogP contribution is -2.17. The lowest BCUT2D eigenvalue weighted by molar-refractivity contribution is -0.145. The number of hydrogen-bond donors (Lipinski definition) is 1. The van der Waals surface area contributed by atoms with Gasteiger partial charge < -0.3 is 15.2 Å². The number of esters is 1. The van der Waals surface area contributed by atoms with Gasteiger partial charge in [-0.25, -0.2) is 0 Å². The molecule has 1 unspecified atom stereocenters. The van der Waals surface area contributed by atoms with Gasteiger partial charge in [0.15, 0.2) is 0 Å². The standard InChI is InChI=1S/C12H25NO3/c1-10(2)11(6-7-13)4-5-12(14)16-9-8-15-3/h10-11H,4-9,13H2,1-3H3. The second-order valence-electron chi connectivity index (χ2n) is 4.33. The van der Waals surface area contributed by atoms with Gasteiger partial charge in [0, 0.05) is 13.5 Å². The van der Waals surface area contributed by atoms with Crippen molar-refractivity contribution in [2.75, 3.05) is 26.9 Å². The molecule has 4 heteroatoms. The van der Waals surface area contributed by atoms with E-state index in [-0.39, 0.29) is 5.97 Å². The van der Waals surface area contributed by atoms with E-state index in [1.165, 1.54) is 0 Å². The van der Waals surface area contributed by atoms with E-state index in [0.29, 0.717) is 38.0 Å². The van der Waals surface area contributed by atoms with Gasteiger partial charge in [0.25, 0.3) is 0 Å². The first-order valence-corrected chi connectivity index (χ1v) is 5.96. The Morgan fingerprint density at radius 1 is 1.25 bits per heavy atom. The molecule has 0 aliphatic carbocycles. The van der Waals surface area contributed by atoms with Crippen molar-refractivity contribution >= 4 is 5.97 Å². The van der Waals surface area contributed by atoms with Crippen LogP contribution in [0.5, 0.6) is 0 Å². The molecule has 0 aliphatic heterocycles. The van der Waals surface area contributed by atoms with Crippen LogP contribution >= 0.6 is 0 Å². The van der Waals surface area contributed by atoms with Gasteiger partial charge in [0.2, 0.25) is 0 Å². The Morgan fingerprint density at radius 3 is 2.44 bits per heavy atom. The highest BCUT2D eigenvalue weighted by Gasteiger charge is 2.14. The molecule has 0 bridgehead atoms. The molecule has 0 radical (unpaired) electrons. The summed E-state index contributed by atoms with van der Waals surface area (Å²) in [6.07, 6.45) is 2.32. The Bertz CT molecular complexity index is 183. The lowest BCUT2D eigenvalue weighted by atomic mass is 9.88. The zero-order valence-corrected chi connectivity index (χ0v) is 10.7. The Labute approximate surface area is 98.5 Å². The van der Waals surface area contributed by atoms with E-state index in [9.17, 15) is 4.79 Å². The van der Waals surface area contributed by atoms with Crippen LogP contribution in [0.2, 0.25) is 0 Å². The van der Waals surface area contributed by atoms with Crippen molar-refractivity contribution in [1.82, 2.24) is 0 Å². The van der Waals surface area contributed by atoms with Crippen LogP contribution in [0.4, 0.5) is 0 Å². The molecule has 0 spiro atoms. The van der Waals surface area contributed by atoms with Crippen molar-refractivity contribution in [3.05, 3.63) is 0 Å². The quantitative estimate of drug-likeness (QED) is 0.483. The number of rotatable bonds is 9. The van der Waals surface area contributed by atoms with Crippen LogP contribution < -0.4 is 5.73 Å². The first kappa shape index (κ1) is 15.4. The van der Waals surface area contributed by atoms with Gasteiger partial charge in [-0.15, -0.1) is 0 Å². The van der Waals surface area contributed by atoms with Crippen LogP contribution in [0.1, 0.15) is 33.1 Å². The average Bonchev–Trinajstić information content (AvgIpc) is 2.24. The van der Waals surface area contributed by atoms with E-state index in [2.05, 4.69) is 13.8 Å². The highest BCUT2D eigenvalue weighted by atomic mass is 16.6. The van der Waals surface area contributed by atoms with Crippen molar-refractivity contribution < 1.29 is 14.3 Å². The van der Waals surface area contributed by atoms with Crippen LogP contribution in [0.25, 0.3) is 0 Å². The molecule has 96 valence electrons. The minimum atomic E-state index is -0.139. The van der Waals surface area contributed by atoms with Gasteiger partial charge in [-0.3, -0.25) is 4.79 Å². The Kier molecular flexibility index (Phi) is 9.24. The van der Waals surface area contributed by atoms with E-state index in [1.54, 1.807) is 7.11 Å². The van der Waals surface area contributed by atoms with E-state index in [0.717, 1.165) is 12.8 Å². The number of carbonyl (C=O) groups is 1. The van der Waals surface area contributed by atoms with Crippen LogP contribution in [-0.4, -0.2) is 32.8 Å². The maximum absolute atomic E-state index is 11.3. The minimum Gasteiger partial charge on any atom is -0.463 e. The van der Waals surface area contributed by atoms with Crippen LogP contribution in [0, 0.1) is 11.8 Å². The Hall–Kier alpha value is -0.610. The molecule has 0 aromatic rings. The monoisotopic (exact) mass is 231 g/mol. The summed E-state index contributed by atoms with van der Waals surface area (Å²) in [6, 6.07) is 0. The fraction of sp³-hybridized carbons (Fsp3) is 0.917. The molecule has 0 aromatic carbocycles. The van der Waals surface area contributed by atoms with Crippen molar-refractivity contribution in [3.8, 4) is 0 Å². The predicted octanol–water partition coefficient (Wildman–Crippen LogP) is 1.58. The molecular weight excluding hydrogens is 206 g/mol. The van der Waals surface area contributed by atoms with Gasteiger partial charge in [-0.1, -0.05) is 13.8 Å². The SMILES string of the molecule is COCCOC(=O)CCC(CCN)C(C)C. The maximum atomic E-state index is 11.3. The highest BCUT2D eigenvalue weighted by molar-refractivity contribution is 5.69. The van der Waals surface area contributed by atoms with Gasteiger partial charge in [-0.05, 0) is 31.2 Å². The molecular formula is C12H25NO3. The second kappa shape index (κ2) is 9.60. The molecule has 0 heterocycles. The van der Waals surface area contributed by atoms with Gasteiger partial charge in [0.1, 0.15) is 6.61 Å². The first-order valence-electron chi connectivity index (χ1n) is 5.96. The van der Waals surface area contributed by atoms with Crippen LogP contribution in [0.3, 0.4) is 0 Å². The fourth-order valence-electron chi connectivity index (χ4n) is 1.64. The fourth-order valence-corrected chi connectivity index (χ4v) is 1.64. The number of hydrogen-bond acceptors (Lipinski definition) is 4. The summed E-state index contributed by atoms with van der Waals surface area (Å²) < 4.78 is 9.80. The summed E-state index contributed by atoms with van der Waals surface area (Å²) >= 11 is 0. The normalized spacial score (nSPS) is 12.8. The highest BCUT2D eigenvalue weighted by Crippen LogP contribution is 2.20. The number of carbonyl (C=O) groups excluding carboxylic acids is 1. The van der Waals surface area contributed by atoms with Gasteiger partial charge in [-0.2, -0.15) is 0 Å². The summed E-state index contributed by atoms with van der Waals surface area (Å²) in [5, 5.41) is 0. The molecule has 16 heavy (non-hydrogen) atoms.